The first-order chi connectivity index (χ1) is 15.3. The number of pyridine rings is 1. The van der Waals surface area contributed by atoms with Crippen molar-refractivity contribution in [2.45, 2.75) is 84.5 Å². The second-order valence-corrected chi connectivity index (χ2v) is 8.88. The van der Waals surface area contributed by atoms with Crippen molar-refractivity contribution in [2.24, 2.45) is 11.8 Å². The summed E-state index contributed by atoms with van der Waals surface area (Å²) in [6.07, 6.45) is 5.83. The molecule has 1 aromatic heterocycles. The fourth-order valence-electron chi connectivity index (χ4n) is 4.09. The highest BCUT2D eigenvalue weighted by atomic mass is 16.6. The number of aromatic hydroxyl groups is 1. The first kappa shape index (κ1) is 25.9. The number of cyclic esters (lactones) is 1. The largest absolute Gasteiger partial charge is 0.503 e. The van der Waals surface area contributed by atoms with Crippen molar-refractivity contribution in [3.8, 4) is 11.5 Å². The van der Waals surface area contributed by atoms with Crippen LogP contribution < -0.4 is 10.1 Å². The van der Waals surface area contributed by atoms with E-state index < -0.39 is 24.0 Å². The van der Waals surface area contributed by atoms with Gasteiger partial charge >= 0.3 is 5.97 Å². The zero-order valence-corrected chi connectivity index (χ0v) is 19.9. The van der Waals surface area contributed by atoms with Crippen LogP contribution in [-0.2, 0) is 14.3 Å². The van der Waals surface area contributed by atoms with Crippen LogP contribution >= 0.6 is 0 Å². The van der Waals surface area contributed by atoms with Gasteiger partial charge in [-0.2, -0.15) is 0 Å². The molecular weight excluding hydrogens is 412 g/mol. The molecular formula is C24H38N2O6. The second-order valence-electron chi connectivity index (χ2n) is 8.88. The van der Waals surface area contributed by atoms with E-state index in [1.807, 2.05) is 6.92 Å². The Morgan fingerprint density at radius 2 is 2.12 bits per heavy atom. The summed E-state index contributed by atoms with van der Waals surface area (Å²) >= 11 is 0. The first-order valence-corrected chi connectivity index (χ1v) is 11.6. The molecule has 0 bridgehead atoms. The Hall–Kier alpha value is -2.35. The maximum atomic E-state index is 12.9. The molecule has 8 heteroatoms. The van der Waals surface area contributed by atoms with Gasteiger partial charge in [0.05, 0.1) is 13.2 Å². The number of esters is 1. The number of nitrogens with zero attached hydrogens (tertiary/aromatic N) is 1. The van der Waals surface area contributed by atoms with Gasteiger partial charge in [-0.05, 0) is 44.4 Å². The van der Waals surface area contributed by atoms with Gasteiger partial charge in [0.2, 0.25) is 0 Å². The number of hydrogen-bond donors (Lipinski definition) is 2. The molecule has 0 aliphatic carbocycles. The normalized spacial score (nSPS) is 24.2. The fraction of sp³-hybridized carbons (Fsp3) is 0.708. The van der Waals surface area contributed by atoms with Gasteiger partial charge in [-0.3, -0.25) is 4.79 Å². The van der Waals surface area contributed by atoms with Crippen LogP contribution in [0.3, 0.4) is 0 Å². The standard InChI is InChI=1S/C24H38N2O6/c1-6-14-31-22-16(4)32-24(29)18(9-7-8-17(22)11-10-15(2)3)26-23(28)20-21(27)19(30-5)12-13-25-20/h12-13,15-18,22,27H,6-11,14H2,1-5H3,(H,26,28)/t16-,17+,18-,22-/m0/s1. The number of ether oxygens (including phenoxy) is 3. The average molecular weight is 451 g/mol. The molecule has 0 saturated carbocycles. The zero-order valence-electron chi connectivity index (χ0n) is 19.9. The summed E-state index contributed by atoms with van der Waals surface area (Å²) in [6, 6.07) is 0.628. The molecule has 1 aliphatic heterocycles. The molecule has 32 heavy (non-hydrogen) atoms. The third-order valence-electron chi connectivity index (χ3n) is 5.84. The number of aromatic nitrogens is 1. The van der Waals surface area contributed by atoms with Crippen LogP contribution in [0.5, 0.6) is 11.5 Å². The fourth-order valence-corrected chi connectivity index (χ4v) is 4.09. The molecule has 1 fully saturated rings. The quantitative estimate of drug-likeness (QED) is 0.550. The molecule has 0 aromatic carbocycles. The molecule has 1 amide bonds. The molecule has 0 spiro atoms. The first-order valence-electron chi connectivity index (χ1n) is 11.6. The number of amides is 1. The van der Waals surface area contributed by atoms with Gasteiger partial charge in [-0.25, -0.2) is 9.78 Å². The van der Waals surface area contributed by atoms with Crippen molar-refractivity contribution in [3.63, 3.8) is 0 Å². The van der Waals surface area contributed by atoms with Crippen LogP contribution in [0.4, 0.5) is 0 Å². The molecule has 1 saturated heterocycles. The van der Waals surface area contributed by atoms with Gasteiger partial charge in [0, 0.05) is 18.9 Å². The summed E-state index contributed by atoms with van der Waals surface area (Å²) in [5.74, 6) is -0.500. The van der Waals surface area contributed by atoms with E-state index in [4.69, 9.17) is 14.2 Å². The summed E-state index contributed by atoms with van der Waals surface area (Å²) in [5, 5.41) is 12.9. The van der Waals surface area contributed by atoms with Crippen molar-refractivity contribution in [1.29, 1.82) is 0 Å². The Morgan fingerprint density at radius 3 is 2.78 bits per heavy atom. The molecule has 0 unspecified atom stereocenters. The number of methoxy groups -OCH3 is 1. The van der Waals surface area contributed by atoms with Gasteiger partial charge < -0.3 is 24.6 Å². The van der Waals surface area contributed by atoms with Gasteiger partial charge in [0.15, 0.2) is 17.2 Å². The van der Waals surface area contributed by atoms with Crippen LogP contribution in [0.25, 0.3) is 0 Å². The molecule has 4 atom stereocenters. The van der Waals surface area contributed by atoms with Crippen molar-refractivity contribution in [3.05, 3.63) is 18.0 Å². The highest BCUT2D eigenvalue weighted by Crippen LogP contribution is 2.30. The van der Waals surface area contributed by atoms with Crippen LogP contribution in [0.15, 0.2) is 12.3 Å². The van der Waals surface area contributed by atoms with Crippen molar-refractivity contribution < 1.29 is 28.9 Å². The Morgan fingerprint density at radius 1 is 1.38 bits per heavy atom. The van der Waals surface area contributed by atoms with Crippen molar-refractivity contribution in [1.82, 2.24) is 10.3 Å². The third-order valence-corrected chi connectivity index (χ3v) is 5.84. The maximum absolute atomic E-state index is 12.9. The Labute approximate surface area is 191 Å². The van der Waals surface area contributed by atoms with E-state index in [1.165, 1.54) is 19.4 Å². The van der Waals surface area contributed by atoms with E-state index in [2.05, 4.69) is 31.1 Å². The summed E-state index contributed by atoms with van der Waals surface area (Å²) in [5.41, 5.74) is -0.191. The number of hydrogen-bond acceptors (Lipinski definition) is 7. The molecule has 1 aromatic rings. The van der Waals surface area contributed by atoms with E-state index in [9.17, 15) is 14.7 Å². The molecule has 1 aliphatic rings. The molecule has 2 N–H and O–H groups in total. The molecule has 2 rings (SSSR count). The molecule has 180 valence electrons. The zero-order chi connectivity index (χ0) is 23.7. The van der Waals surface area contributed by atoms with Gasteiger partial charge in [0.1, 0.15) is 12.1 Å². The van der Waals surface area contributed by atoms with Crippen LogP contribution in [0.2, 0.25) is 0 Å². The van der Waals surface area contributed by atoms with E-state index in [0.29, 0.717) is 18.9 Å². The highest BCUT2D eigenvalue weighted by Gasteiger charge is 2.35. The van der Waals surface area contributed by atoms with Crippen LogP contribution in [0, 0.1) is 11.8 Å². The van der Waals surface area contributed by atoms with Crippen molar-refractivity contribution in [2.75, 3.05) is 13.7 Å². The minimum atomic E-state index is -0.826. The van der Waals surface area contributed by atoms with Gasteiger partial charge in [-0.15, -0.1) is 0 Å². The lowest BCUT2D eigenvalue weighted by molar-refractivity contribution is -0.161. The number of nitrogens with one attached hydrogen (secondary N) is 1. The van der Waals surface area contributed by atoms with E-state index in [0.717, 1.165) is 32.1 Å². The van der Waals surface area contributed by atoms with Crippen molar-refractivity contribution >= 4 is 11.9 Å². The summed E-state index contributed by atoms with van der Waals surface area (Å²) in [4.78, 5) is 29.6. The average Bonchev–Trinajstić information content (AvgIpc) is 2.80. The van der Waals surface area contributed by atoms with E-state index in [-0.39, 0.29) is 29.2 Å². The van der Waals surface area contributed by atoms with Gasteiger partial charge in [0.25, 0.3) is 5.91 Å². The molecule has 2 heterocycles. The minimum Gasteiger partial charge on any atom is -0.503 e. The lowest BCUT2D eigenvalue weighted by Gasteiger charge is -2.31. The topological polar surface area (TPSA) is 107 Å². The Balaban J connectivity index is 2.16. The van der Waals surface area contributed by atoms with Gasteiger partial charge in [-0.1, -0.05) is 33.6 Å². The summed E-state index contributed by atoms with van der Waals surface area (Å²) < 4.78 is 16.9. The monoisotopic (exact) mass is 450 g/mol. The number of rotatable bonds is 9. The van der Waals surface area contributed by atoms with E-state index in [1.54, 1.807) is 0 Å². The highest BCUT2D eigenvalue weighted by molar-refractivity contribution is 5.97. The predicted molar refractivity (Wildman–Crippen MR) is 121 cm³/mol. The summed E-state index contributed by atoms with van der Waals surface area (Å²) in [7, 11) is 1.39. The third kappa shape index (κ3) is 7.08. The molecule has 8 nitrogen and oxygen atoms in total. The Bertz CT molecular complexity index is 754. The Kier molecular flexibility index (Phi) is 10.2. The number of carbonyl (C=O) groups excluding carboxylic acids is 2. The lowest BCUT2D eigenvalue weighted by Crippen LogP contribution is -2.44. The summed E-state index contributed by atoms with van der Waals surface area (Å²) in [6.45, 7) is 8.94. The predicted octanol–water partition coefficient (Wildman–Crippen LogP) is 3.86. The smallest absolute Gasteiger partial charge is 0.329 e. The second kappa shape index (κ2) is 12.6. The maximum Gasteiger partial charge on any atom is 0.329 e. The van der Waals surface area contributed by atoms with Crippen LogP contribution in [-0.4, -0.2) is 53.9 Å². The SMILES string of the molecule is CCCO[C@@H]1[C@@H](CCC(C)C)CCC[C@H](NC(=O)c2nccc(OC)c2O)C(=O)O[C@H]1C. The minimum absolute atomic E-state index is 0.139. The molecule has 0 radical (unpaired) electrons. The number of carbonyl (C=O) groups is 2. The van der Waals surface area contributed by atoms with Crippen LogP contribution in [0.1, 0.15) is 76.7 Å². The lowest BCUT2D eigenvalue weighted by atomic mass is 9.86. The van der Waals surface area contributed by atoms with E-state index >= 15 is 0 Å².